The van der Waals surface area contributed by atoms with E-state index in [0.29, 0.717) is 18.0 Å². The van der Waals surface area contributed by atoms with Gasteiger partial charge in [-0.2, -0.15) is 0 Å². The fourth-order valence-electron chi connectivity index (χ4n) is 4.12. The van der Waals surface area contributed by atoms with E-state index in [4.69, 9.17) is 5.73 Å². The molecule has 3 aliphatic heterocycles. The van der Waals surface area contributed by atoms with Gasteiger partial charge in [-0.1, -0.05) is 24.3 Å². The number of piperazine rings is 3. The topological polar surface area (TPSA) is 32.5 Å². The van der Waals surface area contributed by atoms with Gasteiger partial charge in [0.25, 0.3) is 0 Å². The van der Waals surface area contributed by atoms with Crippen LogP contribution in [0.4, 0.5) is 0 Å². The molecule has 5 rings (SSSR count). The molecule has 1 aromatic rings. The van der Waals surface area contributed by atoms with Crippen LogP contribution in [-0.2, 0) is 6.42 Å². The van der Waals surface area contributed by atoms with E-state index in [-0.39, 0.29) is 0 Å². The molecule has 3 saturated heterocycles. The van der Waals surface area contributed by atoms with E-state index < -0.39 is 0 Å². The quantitative estimate of drug-likeness (QED) is 0.878. The van der Waals surface area contributed by atoms with E-state index in [1.165, 1.54) is 44.7 Å². The van der Waals surface area contributed by atoms with Crippen molar-refractivity contribution in [3.63, 3.8) is 0 Å². The summed E-state index contributed by atoms with van der Waals surface area (Å²) in [6, 6.07) is 9.78. The molecule has 1 aliphatic carbocycles. The van der Waals surface area contributed by atoms with Crippen LogP contribution in [0.15, 0.2) is 24.3 Å². The zero-order valence-corrected chi connectivity index (χ0v) is 11.5. The number of nitrogens with two attached hydrogens (primary N) is 1. The normalized spacial score (nSPS) is 37.5. The second-order valence-corrected chi connectivity index (χ2v) is 6.40. The summed E-state index contributed by atoms with van der Waals surface area (Å²) >= 11 is 0. The molecule has 2 bridgehead atoms. The van der Waals surface area contributed by atoms with Crippen LogP contribution in [0.1, 0.15) is 23.5 Å². The second kappa shape index (κ2) is 4.58. The van der Waals surface area contributed by atoms with Gasteiger partial charge in [0.05, 0.1) is 0 Å². The summed E-state index contributed by atoms with van der Waals surface area (Å²) in [6.45, 7) is 6.12. The molecule has 0 aromatic heterocycles. The van der Waals surface area contributed by atoms with E-state index in [0.717, 1.165) is 6.42 Å². The highest BCUT2D eigenvalue weighted by molar-refractivity contribution is 5.40. The number of rotatable bonds is 3. The van der Waals surface area contributed by atoms with Crippen LogP contribution in [0.25, 0.3) is 0 Å². The molecule has 19 heavy (non-hydrogen) atoms. The monoisotopic (exact) mass is 257 g/mol. The van der Waals surface area contributed by atoms with Crippen molar-refractivity contribution in [1.82, 2.24) is 9.80 Å². The molecule has 0 amide bonds. The van der Waals surface area contributed by atoms with E-state index in [9.17, 15) is 0 Å². The van der Waals surface area contributed by atoms with Crippen molar-refractivity contribution < 1.29 is 0 Å². The summed E-state index contributed by atoms with van der Waals surface area (Å²) in [4.78, 5) is 5.20. The van der Waals surface area contributed by atoms with Crippen molar-refractivity contribution in [1.29, 1.82) is 0 Å². The van der Waals surface area contributed by atoms with Crippen molar-refractivity contribution in [2.24, 2.45) is 5.73 Å². The Kier molecular flexibility index (Phi) is 2.87. The standard InChI is InChI=1S/C16H23N3/c17-15(16-11-18-5-7-19(16)8-6-18)10-13-9-12-3-1-2-4-14(12)13/h1-4,13,15-16H,5-11,17H2. The first kappa shape index (κ1) is 11.9. The number of hydrogen-bond acceptors (Lipinski definition) is 3. The maximum Gasteiger partial charge on any atom is 0.0375 e. The van der Waals surface area contributed by atoms with Gasteiger partial charge in [0.2, 0.25) is 0 Å². The molecule has 1 aromatic carbocycles. The first-order valence-corrected chi connectivity index (χ1v) is 7.61. The minimum atomic E-state index is 0.335. The highest BCUT2D eigenvalue weighted by Crippen LogP contribution is 2.38. The lowest BCUT2D eigenvalue weighted by Gasteiger charge is -2.50. The molecular weight excluding hydrogens is 234 g/mol. The van der Waals surface area contributed by atoms with Crippen molar-refractivity contribution >= 4 is 0 Å². The van der Waals surface area contributed by atoms with Gasteiger partial charge in [-0.15, -0.1) is 0 Å². The van der Waals surface area contributed by atoms with E-state index >= 15 is 0 Å². The molecule has 3 atom stereocenters. The Morgan fingerprint density at radius 1 is 1.16 bits per heavy atom. The summed E-state index contributed by atoms with van der Waals surface area (Å²) in [5.74, 6) is 0.711. The third kappa shape index (κ3) is 2.00. The molecule has 3 unspecified atom stereocenters. The molecule has 3 heterocycles. The predicted molar refractivity (Wildman–Crippen MR) is 77.3 cm³/mol. The van der Waals surface area contributed by atoms with Crippen LogP contribution in [0, 0.1) is 0 Å². The third-order valence-electron chi connectivity index (χ3n) is 5.33. The van der Waals surface area contributed by atoms with Gasteiger partial charge in [-0.25, -0.2) is 0 Å². The number of nitrogens with zero attached hydrogens (tertiary/aromatic N) is 2. The summed E-state index contributed by atoms with van der Waals surface area (Å²) in [5, 5.41) is 0. The summed E-state index contributed by atoms with van der Waals surface area (Å²) in [6.07, 6.45) is 2.40. The minimum Gasteiger partial charge on any atom is -0.326 e. The zero-order valence-electron chi connectivity index (χ0n) is 11.5. The summed E-state index contributed by atoms with van der Waals surface area (Å²) < 4.78 is 0. The van der Waals surface area contributed by atoms with Gasteiger partial charge in [-0.05, 0) is 29.9 Å². The second-order valence-electron chi connectivity index (χ2n) is 6.40. The van der Waals surface area contributed by atoms with Crippen LogP contribution >= 0.6 is 0 Å². The average molecular weight is 257 g/mol. The molecule has 3 heteroatoms. The molecule has 4 aliphatic rings. The van der Waals surface area contributed by atoms with Gasteiger partial charge >= 0.3 is 0 Å². The van der Waals surface area contributed by atoms with Crippen LogP contribution in [0.3, 0.4) is 0 Å². The average Bonchev–Trinajstić information content (AvgIpc) is 2.46. The lowest BCUT2D eigenvalue weighted by atomic mass is 9.73. The lowest BCUT2D eigenvalue weighted by Crippen LogP contribution is -2.65. The molecule has 3 nitrogen and oxygen atoms in total. The van der Waals surface area contributed by atoms with Gasteiger partial charge in [0, 0.05) is 44.8 Å². The number of hydrogen-bond donors (Lipinski definition) is 1. The third-order valence-corrected chi connectivity index (χ3v) is 5.33. The Labute approximate surface area is 115 Å². The van der Waals surface area contributed by atoms with Crippen LogP contribution in [0.5, 0.6) is 0 Å². The SMILES string of the molecule is NC(CC1Cc2ccccc21)C1CN2CCN1CC2. The Balaban J connectivity index is 1.41. The number of fused-ring (bicyclic) bond motifs is 4. The highest BCUT2D eigenvalue weighted by Gasteiger charge is 2.37. The van der Waals surface area contributed by atoms with Crippen LogP contribution < -0.4 is 5.73 Å². The maximum absolute atomic E-state index is 6.53. The molecule has 0 saturated carbocycles. The minimum absolute atomic E-state index is 0.335. The molecule has 102 valence electrons. The fourth-order valence-corrected chi connectivity index (χ4v) is 4.12. The lowest BCUT2D eigenvalue weighted by molar-refractivity contribution is 0.000236. The highest BCUT2D eigenvalue weighted by atomic mass is 15.3. The Morgan fingerprint density at radius 3 is 2.63 bits per heavy atom. The summed E-state index contributed by atoms with van der Waals surface area (Å²) in [5.41, 5.74) is 9.62. The van der Waals surface area contributed by atoms with Gasteiger partial charge in [0.15, 0.2) is 0 Å². The zero-order chi connectivity index (χ0) is 12.8. The Bertz CT molecular complexity index is 465. The van der Waals surface area contributed by atoms with Crippen molar-refractivity contribution in [2.75, 3.05) is 32.7 Å². The Morgan fingerprint density at radius 2 is 1.95 bits per heavy atom. The largest absolute Gasteiger partial charge is 0.326 e. The van der Waals surface area contributed by atoms with Crippen LogP contribution in [0.2, 0.25) is 0 Å². The summed E-state index contributed by atoms with van der Waals surface area (Å²) in [7, 11) is 0. The molecule has 2 N–H and O–H groups in total. The van der Waals surface area contributed by atoms with Crippen molar-refractivity contribution in [3.8, 4) is 0 Å². The van der Waals surface area contributed by atoms with Crippen LogP contribution in [-0.4, -0.2) is 54.6 Å². The molecule has 0 spiro atoms. The maximum atomic E-state index is 6.53. The van der Waals surface area contributed by atoms with E-state index in [1.807, 2.05) is 0 Å². The van der Waals surface area contributed by atoms with E-state index in [2.05, 4.69) is 34.1 Å². The smallest absolute Gasteiger partial charge is 0.0375 e. The van der Waals surface area contributed by atoms with E-state index in [1.54, 1.807) is 5.56 Å². The first-order valence-electron chi connectivity index (χ1n) is 7.61. The Hall–Kier alpha value is -0.900. The van der Waals surface area contributed by atoms with Gasteiger partial charge < -0.3 is 5.73 Å². The fraction of sp³-hybridized carbons (Fsp3) is 0.625. The van der Waals surface area contributed by atoms with Gasteiger partial charge in [0.1, 0.15) is 0 Å². The van der Waals surface area contributed by atoms with Crippen molar-refractivity contribution in [3.05, 3.63) is 35.4 Å². The first-order chi connectivity index (χ1) is 9.31. The van der Waals surface area contributed by atoms with Crippen molar-refractivity contribution in [2.45, 2.75) is 30.8 Å². The predicted octanol–water partition coefficient (Wildman–Crippen LogP) is 1.04. The van der Waals surface area contributed by atoms with Gasteiger partial charge in [-0.3, -0.25) is 9.80 Å². The molecule has 3 fully saturated rings. The molecular formula is C16H23N3. The number of benzene rings is 1. The molecule has 0 radical (unpaired) electrons.